The van der Waals surface area contributed by atoms with Crippen LogP contribution in [0, 0.1) is 10.1 Å². The Morgan fingerprint density at radius 1 is 1.14 bits per heavy atom. The van der Waals surface area contributed by atoms with Crippen LogP contribution in [0.1, 0.15) is 17.2 Å². The minimum Gasteiger partial charge on any atom is -0.350 e. The lowest BCUT2D eigenvalue weighted by Gasteiger charge is -2.12. The highest BCUT2D eigenvalue weighted by Crippen LogP contribution is 2.17. The summed E-state index contributed by atoms with van der Waals surface area (Å²) >= 11 is 0. The largest absolute Gasteiger partial charge is 0.350 e. The van der Waals surface area contributed by atoms with Gasteiger partial charge in [0, 0.05) is 18.2 Å². The summed E-state index contributed by atoms with van der Waals surface area (Å²) in [5.74, 6) is -0.376. The lowest BCUT2D eigenvalue weighted by molar-refractivity contribution is -0.385. The SMILES string of the molecule is N[C@@H](C(=O)NCc1ccccc1[N+](=O)[O-])c1ccccc1. The van der Waals surface area contributed by atoms with Gasteiger partial charge < -0.3 is 11.1 Å². The molecule has 6 heteroatoms. The molecule has 0 unspecified atom stereocenters. The van der Waals surface area contributed by atoms with Crippen molar-refractivity contribution in [3.05, 3.63) is 75.8 Å². The Morgan fingerprint density at radius 2 is 1.76 bits per heavy atom. The van der Waals surface area contributed by atoms with E-state index in [9.17, 15) is 14.9 Å². The molecule has 2 aromatic carbocycles. The highest BCUT2D eigenvalue weighted by molar-refractivity contribution is 5.82. The Bertz CT molecular complexity index is 644. The Morgan fingerprint density at radius 3 is 2.43 bits per heavy atom. The van der Waals surface area contributed by atoms with Crippen molar-refractivity contribution in [2.45, 2.75) is 12.6 Å². The maximum Gasteiger partial charge on any atom is 0.274 e. The third kappa shape index (κ3) is 3.64. The summed E-state index contributed by atoms with van der Waals surface area (Å²) in [7, 11) is 0. The number of nitrogens with zero attached hydrogens (tertiary/aromatic N) is 1. The van der Waals surface area contributed by atoms with Crippen molar-refractivity contribution < 1.29 is 9.72 Å². The summed E-state index contributed by atoms with van der Waals surface area (Å²) in [6, 6.07) is 14.4. The number of nitrogens with two attached hydrogens (primary N) is 1. The second-order valence-electron chi connectivity index (χ2n) is 4.49. The summed E-state index contributed by atoms with van der Waals surface area (Å²) in [4.78, 5) is 22.4. The van der Waals surface area contributed by atoms with Gasteiger partial charge in [-0.2, -0.15) is 0 Å². The molecule has 0 heterocycles. The Kier molecular flexibility index (Phi) is 4.63. The fourth-order valence-electron chi connectivity index (χ4n) is 1.94. The van der Waals surface area contributed by atoms with E-state index in [4.69, 9.17) is 5.73 Å². The lowest BCUT2D eigenvalue weighted by atomic mass is 10.1. The van der Waals surface area contributed by atoms with Crippen LogP contribution >= 0.6 is 0 Å². The van der Waals surface area contributed by atoms with Gasteiger partial charge in [0.2, 0.25) is 5.91 Å². The van der Waals surface area contributed by atoms with E-state index in [2.05, 4.69) is 5.32 Å². The molecule has 2 aromatic rings. The average molecular weight is 285 g/mol. The van der Waals surface area contributed by atoms with E-state index >= 15 is 0 Å². The number of nitro benzene ring substituents is 1. The summed E-state index contributed by atoms with van der Waals surface area (Å²) in [5, 5.41) is 13.5. The van der Waals surface area contributed by atoms with E-state index in [-0.39, 0.29) is 18.1 Å². The maximum absolute atomic E-state index is 12.0. The molecule has 2 rings (SSSR count). The molecule has 0 spiro atoms. The van der Waals surface area contributed by atoms with Crippen molar-refractivity contribution in [2.75, 3.05) is 0 Å². The van der Waals surface area contributed by atoms with Gasteiger partial charge in [-0.1, -0.05) is 48.5 Å². The molecular formula is C15H15N3O3. The van der Waals surface area contributed by atoms with Gasteiger partial charge in [0.1, 0.15) is 6.04 Å². The van der Waals surface area contributed by atoms with E-state index < -0.39 is 11.0 Å². The van der Waals surface area contributed by atoms with Crippen LogP contribution in [0.15, 0.2) is 54.6 Å². The first-order valence-corrected chi connectivity index (χ1v) is 6.40. The third-order valence-electron chi connectivity index (χ3n) is 3.08. The first-order valence-electron chi connectivity index (χ1n) is 6.40. The van der Waals surface area contributed by atoms with E-state index in [1.54, 1.807) is 42.5 Å². The highest BCUT2D eigenvalue weighted by Gasteiger charge is 2.17. The molecule has 0 aromatic heterocycles. The summed E-state index contributed by atoms with van der Waals surface area (Å²) < 4.78 is 0. The fraction of sp³-hybridized carbons (Fsp3) is 0.133. The second-order valence-corrected chi connectivity index (χ2v) is 4.49. The van der Waals surface area contributed by atoms with Crippen molar-refractivity contribution in [3.63, 3.8) is 0 Å². The van der Waals surface area contributed by atoms with Gasteiger partial charge in [-0.15, -0.1) is 0 Å². The number of nitrogens with one attached hydrogen (secondary N) is 1. The van der Waals surface area contributed by atoms with Crippen molar-refractivity contribution >= 4 is 11.6 Å². The minimum atomic E-state index is -0.797. The van der Waals surface area contributed by atoms with Gasteiger partial charge in [-0.05, 0) is 5.56 Å². The van der Waals surface area contributed by atoms with Crippen LogP contribution in [0.5, 0.6) is 0 Å². The molecule has 0 aliphatic carbocycles. The zero-order valence-corrected chi connectivity index (χ0v) is 11.2. The molecule has 6 nitrogen and oxygen atoms in total. The molecule has 21 heavy (non-hydrogen) atoms. The van der Waals surface area contributed by atoms with Crippen LogP contribution in [-0.2, 0) is 11.3 Å². The number of rotatable bonds is 5. The van der Waals surface area contributed by atoms with Gasteiger partial charge in [0.15, 0.2) is 0 Å². The van der Waals surface area contributed by atoms with Gasteiger partial charge in [-0.25, -0.2) is 0 Å². The average Bonchev–Trinajstić information content (AvgIpc) is 2.52. The molecule has 0 bridgehead atoms. The topological polar surface area (TPSA) is 98.3 Å². The van der Waals surface area contributed by atoms with E-state index in [1.807, 2.05) is 6.07 Å². The molecule has 3 N–H and O–H groups in total. The predicted molar refractivity (Wildman–Crippen MR) is 78.3 cm³/mol. The van der Waals surface area contributed by atoms with Crippen LogP contribution in [0.3, 0.4) is 0 Å². The molecule has 0 aliphatic rings. The van der Waals surface area contributed by atoms with Gasteiger partial charge in [0.25, 0.3) is 5.69 Å². The zero-order chi connectivity index (χ0) is 15.2. The van der Waals surface area contributed by atoms with Crippen LogP contribution in [-0.4, -0.2) is 10.8 Å². The Labute approximate surface area is 121 Å². The fourth-order valence-corrected chi connectivity index (χ4v) is 1.94. The third-order valence-corrected chi connectivity index (χ3v) is 3.08. The zero-order valence-electron chi connectivity index (χ0n) is 11.2. The van der Waals surface area contributed by atoms with Gasteiger partial charge in [0.05, 0.1) is 4.92 Å². The molecule has 108 valence electrons. The first-order chi connectivity index (χ1) is 10.1. The number of carbonyl (C=O) groups is 1. The Balaban J connectivity index is 2.03. The summed E-state index contributed by atoms with van der Waals surface area (Å²) in [6.07, 6.45) is 0. The number of nitro groups is 1. The van der Waals surface area contributed by atoms with Crippen LogP contribution < -0.4 is 11.1 Å². The molecule has 0 aliphatic heterocycles. The van der Waals surface area contributed by atoms with E-state index in [0.717, 1.165) is 0 Å². The van der Waals surface area contributed by atoms with Crippen LogP contribution in [0.4, 0.5) is 5.69 Å². The van der Waals surface area contributed by atoms with Crippen LogP contribution in [0.25, 0.3) is 0 Å². The number of carbonyl (C=O) groups excluding carboxylic acids is 1. The summed E-state index contributed by atoms with van der Waals surface area (Å²) in [6.45, 7) is 0.0660. The Hall–Kier alpha value is -2.73. The predicted octanol–water partition coefficient (Wildman–Crippen LogP) is 1.91. The molecule has 1 atom stereocenters. The van der Waals surface area contributed by atoms with Crippen LogP contribution in [0.2, 0.25) is 0 Å². The lowest BCUT2D eigenvalue weighted by Crippen LogP contribution is -2.33. The first kappa shape index (κ1) is 14.7. The minimum absolute atomic E-state index is 0.0221. The highest BCUT2D eigenvalue weighted by atomic mass is 16.6. The van der Waals surface area contributed by atoms with E-state index in [1.165, 1.54) is 6.07 Å². The maximum atomic E-state index is 12.0. The molecule has 1 amide bonds. The number of hydrogen-bond acceptors (Lipinski definition) is 4. The van der Waals surface area contributed by atoms with Crippen molar-refractivity contribution in [1.29, 1.82) is 0 Å². The summed E-state index contributed by atoms with van der Waals surface area (Å²) in [5.41, 5.74) is 6.97. The molecule has 0 saturated carbocycles. The molecule has 0 fully saturated rings. The smallest absolute Gasteiger partial charge is 0.274 e. The standard InChI is InChI=1S/C15H15N3O3/c16-14(11-6-2-1-3-7-11)15(19)17-10-12-8-4-5-9-13(12)18(20)21/h1-9,14H,10,16H2,(H,17,19)/t14-/m1/s1. The molecular weight excluding hydrogens is 270 g/mol. The van der Waals surface area contributed by atoms with E-state index in [0.29, 0.717) is 11.1 Å². The number of amides is 1. The normalized spacial score (nSPS) is 11.7. The van der Waals surface area contributed by atoms with Crippen molar-refractivity contribution in [3.8, 4) is 0 Å². The number of para-hydroxylation sites is 1. The van der Waals surface area contributed by atoms with Crippen molar-refractivity contribution in [1.82, 2.24) is 5.32 Å². The monoisotopic (exact) mass is 285 g/mol. The van der Waals surface area contributed by atoms with Gasteiger partial charge in [-0.3, -0.25) is 14.9 Å². The molecule has 0 radical (unpaired) electrons. The number of hydrogen-bond donors (Lipinski definition) is 2. The van der Waals surface area contributed by atoms with Gasteiger partial charge >= 0.3 is 0 Å². The second kappa shape index (κ2) is 6.62. The van der Waals surface area contributed by atoms with Crippen molar-refractivity contribution in [2.24, 2.45) is 5.73 Å². The molecule has 0 saturated heterocycles. The quantitative estimate of drug-likeness (QED) is 0.647. The number of benzene rings is 2.